The highest BCUT2D eigenvalue weighted by molar-refractivity contribution is 7.99. The normalized spacial score (nSPS) is 10.7. The molecule has 0 amide bonds. The first-order valence-corrected chi connectivity index (χ1v) is 6.03. The van der Waals surface area contributed by atoms with Gasteiger partial charge in [-0.15, -0.1) is 0 Å². The molecule has 1 rings (SSSR count). The van der Waals surface area contributed by atoms with Crippen molar-refractivity contribution in [2.24, 2.45) is 5.92 Å². The summed E-state index contributed by atoms with van der Waals surface area (Å²) in [6.45, 7) is 4.23. The third-order valence-corrected chi connectivity index (χ3v) is 3.01. The molecule has 0 unspecified atom stereocenters. The first-order valence-electron chi connectivity index (χ1n) is 5.04. The second-order valence-corrected chi connectivity index (χ2v) is 4.93. The molecule has 0 fully saturated rings. The molecule has 16 heavy (non-hydrogen) atoms. The van der Waals surface area contributed by atoms with Gasteiger partial charge in [-0.3, -0.25) is 10.1 Å². The molecule has 1 aromatic rings. The standard InChI is InChI=1S/C10H15N3O2S/c1-7(2)5-6-16-10-8(13(14)15)3-4-9(11)12-10/h3-4,7H,5-6H2,1-2H3,(H2,11,12). The molecule has 1 heterocycles. The number of thioether (sulfide) groups is 1. The monoisotopic (exact) mass is 241 g/mol. The molecule has 88 valence electrons. The first kappa shape index (κ1) is 12.8. The number of hydrogen-bond acceptors (Lipinski definition) is 5. The summed E-state index contributed by atoms with van der Waals surface area (Å²) in [5.74, 6) is 1.71. The Balaban J connectivity index is 2.76. The van der Waals surface area contributed by atoms with Gasteiger partial charge < -0.3 is 5.73 Å². The van der Waals surface area contributed by atoms with Crippen LogP contribution in [0.5, 0.6) is 0 Å². The Morgan fingerprint density at radius 3 is 2.81 bits per heavy atom. The van der Waals surface area contributed by atoms with Crippen LogP contribution in [0.2, 0.25) is 0 Å². The molecule has 0 bridgehead atoms. The highest BCUT2D eigenvalue weighted by atomic mass is 32.2. The summed E-state index contributed by atoms with van der Waals surface area (Å²) in [5.41, 5.74) is 5.54. The summed E-state index contributed by atoms with van der Waals surface area (Å²) in [5, 5.41) is 11.1. The molecule has 0 radical (unpaired) electrons. The fraction of sp³-hybridized carbons (Fsp3) is 0.500. The average molecular weight is 241 g/mol. The van der Waals surface area contributed by atoms with Gasteiger partial charge in [0.2, 0.25) is 0 Å². The number of pyridine rings is 1. The van der Waals surface area contributed by atoms with Gasteiger partial charge in [-0.2, -0.15) is 0 Å². The summed E-state index contributed by atoms with van der Waals surface area (Å²) in [6, 6.07) is 2.85. The Morgan fingerprint density at radius 1 is 1.56 bits per heavy atom. The minimum absolute atomic E-state index is 0.0305. The molecule has 5 nitrogen and oxygen atoms in total. The maximum atomic E-state index is 10.7. The molecule has 0 atom stereocenters. The van der Waals surface area contributed by atoms with Crippen LogP contribution in [-0.2, 0) is 0 Å². The Morgan fingerprint density at radius 2 is 2.25 bits per heavy atom. The van der Waals surface area contributed by atoms with Crippen LogP contribution in [0.1, 0.15) is 20.3 Å². The lowest BCUT2D eigenvalue weighted by molar-refractivity contribution is -0.388. The Hall–Kier alpha value is -1.30. The zero-order valence-corrected chi connectivity index (χ0v) is 10.2. The van der Waals surface area contributed by atoms with E-state index in [4.69, 9.17) is 5.73 Å². The van der Waals surface area contributed by atoms with Crippen molar-refractivity contribution in [2.45, 2.75) is 25.3 Å². The summed E-state index contributed by atoms with van der Waals surface area (Å²) in [6.07, 6.45) is 0.998. The van der Waals surface area contributed by atoms with Crippen LogP contribution in [0.3, 0.4) is 0 Å². The average Bonchev–Trinajstić information content (AvgIpc) is 2.16. The minimum atomic E-state index is -0.426. The quantitative estimate of drug-likeness (QED) is 0.487. The number of hydrogen-bond donors (Lipinski definition) is 1. The molecule has 0 saturated carbocycles. The van der Waals surface area contributed by atoms with E-state index in [0.717, 1.165) is 12.2 Å². The predicted molar refractivity (Wildman–Crippen MR) is 65.5 cm³/mol. The smallest absolute Gasteiger partial charge is 0.301 e. The van der Waals surface area contributed by atoms with Gasteiger partial charge in [0.15, 0.2) is 5.03 Å². The van der Waals surface area contributed by atoms with Crippen LogP contribution in [-0.4, -0.2) is 15.7 Å². The molecule has 0 aromatic carbocycles. The van der Waals surface area contributed by atoms with E-state index in [1.807, 2.05) is 0 Å². The van der Waals surface area contributed by atoms with Gasteiger partial charge in [0, 0.05) is 6.07 Å². The van der Waals surface area contributed by atoms with E-state index in [2.05, 4.69) is 18.8 Å². The number of nitrogens with two attached hydrogens (primary N) is 1. The molecule has 2 N–H and O–H groups in total. The van der Waals surface area contributed by atoms with Crippen molar-refractivity contribution in [3.8, 4) is 0 Å². The molecular weight excluding hydrogens is 226 g/mol. The lowest BCUT2D eigenvalue weighted by atomic mass is 10.2. The molecule has 0 saturated heterocycles. The first-order chi connectivity index (χ1) is 7.50. The third kappa shape index (κ3) is 3.69. The van der Waals surface area contributed by atoms with Gasteiger partial charge in [-0.1, -0.05) is 25.6 Å². The lowest BCUT2D eigenvalue weighted by Crippen LogP contribution is -1.98. The van der Waals surface area contributed by atoms with Crippen molar-refractivity contribution in [3.05, 3.63) is 22.2 Å². The Labute approximate surface area is 98.6 Å². The van der Waals surface area contributed by atoms with Gasteiger partial charge in [0.05, 0.1) is 4.92 Å². The van der Waals surface area contributed by atoms with Gasteiger partial charge in [-0.25, -0.2) is 4.98 Å². The predicted octanol–water partition coefficient (Wildman–Crippen LogP) is 2.71. The van der Waals surface area contributed by atoms with Crippen molar-refractivity contribution in [2.75, 3.05) is 11.5 Å². The van der Waals surface area contributed by atoms with E-state index in [9.17, 15) is 10.1 Å². The summed E-state index contributed by atoms with van der Waals surface area (Å²) < 4.78 is 0. The molecular formula is C10H15N3O2S. The van der Waals surface area contributed by atoms with E-state index in [0.29, 0.717) is 16.8 Å². The van der Waals surface area contributed by atoms with Crippen LogP contribution < -0.4 is 5.73 Å². The van der Waals surface area contributed by atoms with Crippen molar-refractivity contribution < 1.29 is 4.92 Å². The SMILES string of the molecule is CC(C)CCSc1nc(N)ccc1[N+](=O)[O-]. The van der Waals surface area contributed by atoms with Crippen molar-refractivity contribution in [3.63, 3.8) is 0 Å². The second kappa shape index (κ2) is 5.69. The van der Waals surface area contributed by atoms with Crippen LogP contribution in [0.25, 0.3) is 0 Å². The molecule has 1 aromatic heterocycles. The Bertz CT molecular complexity index is 382. The minimum Gasteiger partial charge on any atom is -0.384 e. The Kier molecular flexibility index (Phi) is 4.54. The van der Waals surface area contributed by atoms with E-state index in [-0.39, 0.29) is 5.69 Å². The van der Waals surface area contributed by atoms with Gasteiger partial charge in [0.1, 0.15) is 5.82 Å². The highest BCUT2D eigenvalue weighted by Gasteiger charge is 2.15. The summed E-state index contributed by atoms with van der Waals surface area (Å²) >= 11 is 1.39. The fourth-order valence-corrected chi connectivity index (χ4v) is 2.33. The highest BCUT2D eigenvalue weighted by Crippen LogP contribution is 2.28. The second-order valence-electron chi connectivity index (χ2n) is 3.85. The van der Waals surface area contributed by atoms with Crippen molar-refractivity contribution >= 4 is 23.3 Å². The zero-order chi connectivity index (χ0) is 12.1. The van der Waals surface area contributed by atoms with Gasteiger partial charge in [0.25, 0.3) is 0 Å². The number of aromatic nitrogens is 1. The molecule has 0 aliphatic heterocycles. The fourth-order valence-electron chi connectivity index (χ4n) is 1.08. The van der Waals surface area contributed by atoms with Crippen molar-refractivity contribution in [1.29, 1.82) is 0 Å². The van der Waals surface area contributed by atoms with E-state index in [1.54, 1.807) is 0 Å². The largest absolute Gasteiger partial charge is 0.384 e. The molecule has 6 heteroatoms. The number of rotatable bonds is 5. The summed E-state index contributed by atoms with van der Waals surface area (Å²) in [4.78, 5) is 14.3. The van der Waals surface area contributed by atoms with E-state index < -0.39 is 4.92 Å². The maximum absolute atomic E-state index is 10.7. The number of nitrogens with zero attached hydrogens (tertiary/aromatic N) is 2. The molecule has 0 spiro atoms. The summed E-state index contributed by atoms with van der Waals surface area (Å²) in [7, 11) is 0. The lowest BCUT2D eigenvalue weighted by Gasteiger charge is -2.04. The molecule has 0 aliphatic carbocycles. The molecule has 0 aliphatic rings. The van der Waals surface area contributed by atoms with Gasteiger partial charge >= 0.3 is 5.69 Å². The van der Waals surface area contributed by atoms with Crippen LogP contribution in [0.15, 0.2) is 17.2 Å². The third-order valence-electron chi connectivity index (χ3n) is 1.99. The zero-order valence-electron chi connectivity index (χ0n) is 9.34. The van der Waals surface area contributed by atoms with Crippen LogP contribution in [0, 0.1) is 16.0 Å². The maximum Gasteiger partial charge on any atom is 0.301 e. The number of nitrogen functional groups attached to an aromatic ring is 1. The van der Waals surface area contributed by atoms with Crippen molar-refractivity contribution in [1.82, 2.24) is 4.98 Å². The van der Waals surface area contributed by atoms with Crippen LogP contribution >= 0.6 is 11.8 Å². The number of anilines is 1. The number of nitro groups is 1. The van der Waals surface area contributed by atoms with Crippen LogP contribution in [0.4, 0.5) is 11.5 Å². The van der Waals surface area contributed by atoms with Gasteiger partial charge in [-0.05, 0) is 24.2 Å². The van der Waals surface area contributed by atoms with E-state index in [1.165, 1.54) is 23.9 Å². The topological polar surface area (TPSA) is 82.0 Å². The van der Waals surface area contributed by atoms with E-state index >= 15 is 0 Å².